The summed E-state index contributed by atoms with van der Waals surface area (Å²) in [5.74, 6) is 1.28. The van der Waals surface area contributed by atoms with Crippen molar-refractivity contribution in [2.24, 2.45) is 5.73 Å². The Bertz CT molecular complexity index is 781. The van der Waals surface area contributed by atoms with E-state index in [2.05, 4.69) is 4.98 Å². The predicted molar refractivity (Wildman–Crippen MR) is 85.9 cm³/mol. The third kappa shape index (κ3) is 2.84. The van der Waals surface area contributed by atoms with Crippen LogP contribution < -0.4 is 10.5 Å². The lowest BCUT2D eigenvalue weighted by Crippen LogP contribution is -2.04. The Kier molecular flexibility index (Phi) is 3.78. The average molecular weight is 299 g/mol. The van der Waals surface area contributed by atoms with Gasteiger partial charge in [-0.15, -0.1) is 0 Å². The molecule has 0 bridgehead atoms. The summed E-state index contributed by atoms with van der Waals surface area (Å²) < 4.78 is 5.92. The van der Waals surface area contributed by atoms with Gasteiger partial charge in [0.25, 0.3) is 0 Å². The molecular formula is C17H15ClN2O. The number of ether oxygens (including phenoxy) is 1. The lowest BCUT2D eigenvalue weighted by atomic mass is 10.1. The van der Waals surface area contributed by atoms with Gasteiger partial charge in [0.05, 0.1) is 5.02 Å². The Labute approximate surface area is 128 Å². The molecule has 0 fully saturated rings. The number of hydrogen-bond donors (Lipinski definition) is 1. The average Bonchev–Trinajstić information content (AvgIpc) is 2.49. The topological polar surface area (TPSA) is 48.1 Å². The minimum atomic E-state index is -0.0595. The first-order valence-corrected chi connectivity index (χ1v) is 7.09. The number of halogens is 1. The van der Waals surface area contributed by atoms with Gasteiger partial charge in [-0.25, -0.2) is 0 Å². The number of aromatic nitrogens is 1. The number of fused-ring (bicyclic) bond motifs is 1. The highest BCUT2D eigenvalue weighted by Gasteiger charge is 2.09. The van der Waals surface area contributed by atoms with Crippen molar-refractivity contribution in [1.82, 2.24) is 4.98 Å². The maximum Gasteiger partial charge on any atom is 0.153 e. The zero-order chi connectivity index (χ0) is 14.8. The van der Waals surface area contributed by atoms with Gasteiger partial charge < -0.3 is 10.5 Å². The highest BCUT2D eigenvalue weighted by molar-refractivity contribution is 6.32. The van der Waals surface area contributed by atoms with Crippen molar-refractivity contribution in [3.8, 4) is 11.5 Å². The number of nitrogens with zero attached hydrogens (tertiary/aromatic N) is 1. The quantitative estimate of drug-likeness (QED) is 0.762. The maximum absolute atomic E-state index is 6.27. The van der Waals surface area contributed by atoms with E-state index in [9.17, 15) is 0 Å². The van der Waals surface area contributed by atoms with E-state index in [1.807, 2.05) is 55.5 Å². The summed E-state index contributed by atoms with van der Waals surface area (Å²) in [6, 6.07) is 15.2. The Morgan fingerprint density at radius 3 is 2.67 bits per heavy atom. The van der Waals surface area contributed by atoms with Gasteiger partial charge in [-0.2, -0.15) is 0 Å². The van der Waals surface area contributed by atoms with Gasteiger partial charge in [-0.05, 0) is 36.8 Å². The molecule has 0 aliphatic rings. The van der Waals surface area contributed by atoms with Crippen LogP contribution in [-0.2, 0) is 0 Å². The molecule has 0 saturated heterocycles. The van der Waals surface area contributed by atoms with E-state index in [0.29, 0.717) is 16.5 Å². The summed E-state index contributed by atoms with van der Waals surface area (Å²) in [5.41, 5.74) is 7.64. The van der Waals surface area contributed by atoms with E-state index >= 15 is 0 Å². The molecule has 0 radical (unpaired) electrons. The summed E-state index contributed by atoms with van der Waals surface area (Å²) in [4.78, 5) is 4.36. The molecule has 0 saturated carbocycles. The Morgan fingerprint density at radius 2 is 1.90 bits per heavy atom. The molecule has 21 heavy (non-hydrogen) atoms. The van der Waals surface area contributed by atoms with Crippen LogP contribution in [0, 0.1) is 0 Å². The van der Waals surface area contributed by atoms with Crippen molar-refractivity contribution in [3.63, 3.8) is 0 Å². The number of para-hydroxylation sites is 1. The van der Waals surface area contributed by atoms with E-state index in [0.717, 1.165) is 16.5 Å². The second kappa shape index (κ2) is 5.72. The fourth-order valence-electron chi connectivity index (χ4n) is 2.16. The molecule has 1 aromatic heterocycles. The third-order valence-corrected chi connectivity index (χ3v) is 3.59. The number of hydrogen-bond acceptors (Lipinski definition) is 3. The van der Waals surface area contributed by atoms with Gasteiger partial charge >= 0.3 is 0 Å². The first kappa shape index (κ1) is 13.9. The van der Waals surface area contributed by atoms with Gasteiger partial charge in [-0.3, -0.25) is 4.98 Å². The van der Waals surface area contributed by atoms with Crippen LogP contribution in [0.2, 0.25) is 5.02 Å². The van der Waals surface area contributed by atoms with Crippen LogP contribution in [-0.4, -0.2) is 4.98 Å². The van der Waals surface area contributed by atoms with Gasteiger partial charge in [0.2, 0.25) is 0 Å². The molecule has 0 unspecified atom stereocenters. The molecule has 1 atom stereocenters. The van der Waals surface area contributed by atoms with Crippen molar-refractivity contribution in [1.29, 1.82) is 0 Å². The lowest BCUT2D eigenvalue weighted by Gasteiger charge is -2.12. The lowest BCUT2D eigenvalue weighted by molar-refractivity contribution is 0.487. The molecule has 3 nitrogen and oxygen atoms in total. The monoisotopic (exact) mass is 298 g/mol. The third-order valence-electron chi connectivity index (χ3n) is 3.30. The zero-order valence-corrected chi connectivity index (χ0v) is 12.3. The molecule has 106 valence electrons. The molecule has 1 heterocycles. The van der Waals surface area contributed by atoms with Crippen LogP contribution >= 0.6 is 11.6 Å². The van der Waals surface area contributed by atoms with Crippen molar-refractivity contribution in [3.05, 3.63) is 65.3 Å². The summed E-state index contributed by atoms with van der Waals surface area (Å²) in [7, 11) is 0. The van der Waals surface area contributed by atoms with E-state index in [1.54, 1.807) is 6.20 Å². The summed E-state index contributed by atoms with van der Waals surface area (Å²) in [6.07, 6.45) is 1.75. The first-order chi connectivity index (χ1) is 10.1. The maximum atomic E-state index is 6.27. The molecule has 2 aromatic carbocycles. The van der Waals surface area contributed by atoms with Crippen molar-refractivity contribution in [2.75, 3.05) is 0 Å². The van der Waals surface area contributed by atoms with E-state index in [1.165, 1.54) is 0 Å². The molecule has 2 N–H and O–H groups in total. The van der Waals surface area contributed by atoms with Crippen molar-refractivity contribution < 1.29 is 4.74 Å². The number of nitrogens with two attached hydrogens (primary N) is 1. The van der Waals surface area contributed by atoms with Gasteiger partial charge in [0, 0.05) is 17.6 Å². The molecule has 4 heteroatoms. The molecule has 0 amide bonds. The van der Waals surface area contributed by atoms with Gasteiger partial charge in [0.1, 0.15) is 11.3 Å². The van der Waals surface area contributed by atoms with Crippen LogP contribution in [0.4, 0.5) is 0 Å². The van der Waals surface area contributed by atoms with E-state index in [-0.39, 0.29) is 6.04 Å². The van der Waals surface area contributed by atoms with Crippen molar-refractivity contribution >= 4 is 22.5 Å². The van der Waals surface area contributed by atoms with Crippen molar-refractivity contribution in [2.45, 2.75) is 13.0 Å². The zero-order valence-electron chi connectivity index (χ0n) is 11.6. The van der Waals surface area contributed by atoms with Gasteiger partial charge in [0.15, 0.2) is 5.75 Å². The highest BCUT2D eigenvalue weighted by atomic mass is 35.5. The van der Waals surface area contributed by atoms with Crippen LogP contribution in [0.3, 0.4) is 0 Å². The van der Waals surface area contributed by atoms with Crippen LogP contribution in [0.25, 0.3) is 10.9 Å². The first-order valence-electron chi connectivity index (χ1n) is 6.72. The van der Waals surface area contributed by atoms with Gasteiger partial charge in [-0.1, -0.05) is 35.9 Å². The Morgan fingerprint density at radius 1 is 1.10 bits per heavy atom. The standard InChI is InChI=1S/C17H15ClN2O/c1-11(19)13-7-8-15(14(18)10-13)21-16-6-2-4-12-5-3-9-20-17(12)16/h2-11H,19H2,1H3/t11-/m1/s1. The smallest absolute Gasteiger partial charge is 0.153 e. The van der Waals surface area contributed by atoms with E-state index in [4.69, 9.17) is 22.1 Å². The molecule has 3 aromatic rings. The fraction of sp³-hybridized carbons (Fsp3) is 0.118. The molecule has 0 aliphatic heterocycles. The normalized spacial score (nSPS) is 12.3. The molecule has 0 aliphatic carbocycles. The Balaban J connectivity index is 1.99. The Hall–Kier alpha value is -2.10. The van der Waals surface area contributed by atoms with Crippen LogP contribution in [0.1, 0.15) is 18.5 Å². The van der Waals surface area contributed by atoms with E-state index < -0.39 is 0 Å². The molecule has 0 spiro atoms. The molecule has 3 rings (SSSR count). The molecular weight excluding hydrogens is 284 g/mol. The summed E-state index contributed by atoms with van der Waals surface area (Å²) >= 11 is 6.27. The fourth-order valence-corrected chi connectivity index (χ4v) is 2.39. The largest absolute Gasteiger partial charge is 0.454 e. The highest BCUT2D eigenvalue weighted by Crippen LogP contribution is 2.34. The number of benzene rings is 2. The predicted octanol–water partition coefficient (Wildman–Crippen LogP) is 4.70. The van der Waals surface area contributed by atoms with Crippen LogP contribution in [0.15, 0.2) is 54.7 Å². The second-order valence-electron chi connectivity index (χ2n) is 4.91. The number of pyridine rings is 1. The minimum absolute atomic E-state index is 0.0595. The minimum Gasteiger partial charge on any atom is -0.454 e. The second-order valence-corrected chi connectivity index (χ2v) is 5.32. The number of rotatable bonds is 3. The summed E-state index contributed by atoms with van der Waals surface area (Å²) in [6.45, 7) is 1.92. The SMILES string of the molecule is C[C@@H](N)c1ccc(Oc2cccc3cccnc23)c(Cl)c1. The summed E-state index contributed by atoms with van der Waals surface area (Å²) in [5, 5.41) is 1.57. The van der Waals surface area contributed by atoms with Crippen LogP contribution in [0.5, 0.6) is 11.5 Å².